The van der Waals surface area contributed by atoms with Gasteiger partial charge in [-0.3, -0.25) is 9.89 Å². The fourth-order valence-corrected chi connectivity index (χ4v) is 2.74. The maximum Gasteiger partial charge on any atom is 0.274 e. The van der Waals surface area contributed by atoms with Crippen LogP contribution in [0.3, 0.4) is 0 Å². The largest absolute Gasteiger partial charge is 0.385 e. The number of hydrogen-bond donors (Lipinski definition) is 2. The summed E-state index contributed by atoms with van der Waals surface area (Å²) in [5, 5.41) is 6.41. The summed E-state index contributed by atoms with van der Waals surface area (Å²) in [4.78, 5) is 20.6. The molecule has 2 aromatic heterocycles. The molecule has 6 heteroatoms. The van der Waals surface area contributed by atoms with Crippen molar-refractivity contribution in [2.24, 2.45) is 0 Å². The van der Waals surface area contributed by atoms with Crippen molar-refractivity contribution in [1.29, 1.82) is 0 Å². The van der Waals surface area contributed by atoms with Crippen LogP contribution in [0.5, 0.6) is 0 Å². The molecule has 0 spiro atoms. The number of nitrogens with one attached hydrogen (secondary N) is 2. The van der Waals surface area contributed by atoms with E-state index in [1.54, 1.807) is 6.92 Å². The van der Waals surface area contributed by atoms with Crippen LogP contribution in [0, 0.1) is 6.92 Å². The maximum atomic E-state index is 11.9. The Morgan fingerprint density at radius 1 is 1.24 bits per heavy atom. The van der Waals surface area contributed by atoms with E-state index < -0.39 is 0 Å². The van der Waals surface area contributed by atoms with E-state index in [0.29, 0.717) is 17.3 Å². The van der Waals surface area contributed by atoms with Crippen molar-refractivity contribution >= 4 is 11.5 Å². The fourth-order valence-electron chi connectivity index (χ4n) is 2.74. The molecular weight excluding hydrogens is 266 g/mol. The normalized spacial score (nSPS) is 14.0. The minimum Gasteiger partial charge on any atom is -0.385 e. The summed E-state index contributed by atoms with van der Waals surface area (Å²) in [5.41, 5.74) is 3.98. The minimum absolute atomic E-state index is 0.143. The Morgan fingerprint density at radius 2 is 2.14 bits per heavy atom. The van der Waals surface area contributed by atoms with Gasteiger partial charge in [0, 0.05) is 29.6 Å². The zero-order valence-electron chi connectivity index (χ0n) is 11.7. The number of H-pyrrole nitrogens is 1. The Kier molecular flexibility index (Phi) is 2.57. The second-order valence-corrected chi connectivity index (χ2v) is 5.35. The van der Waals surface area contributed by atoms with Gasteiger partial charge in [0.25, 0.3) is 11.3 Å². The van der Waals surface area contributed by atoms with E-state index in [0.717, 1.165) is 24.9 Å². The van der Waals surface area contributed by atoms with Crippen LogP contribution in [0.1, 0.15) is 17.7 Å². The van der Waals surface area contributed by atoms with E-state index in [2.05, 4.69) is 32.5 Å². The number of aromatic amines is 1. The summed E-state index contributed by atoms with van der Waals surface area (Å²) in [6.45, 7) is 2.82. The number of benzene rings is 1. The average Bonchev–Trinajstić information content (AvgIpc) is 2.91. The Bertz CT molecular complexity index is 893. The zero-order valence-corrected chi connectivity index (χ0v) is 11.7. The van der Waals surface area contributed by atoms with Crippen LogP contribution in [0.4, 0.5) is 5.69 Å². The Balaban J connectivity index is 1.86. The summed E-state index contributed by atoms with van der Waals surface area (Å²) in [6, 6.07) is 7.69. The molecule has 4 rings (SSSR count). The molecule has 3 aromatic rings. The first-order chi connectivity index (χ1) is 10.2. The lowest BCUT2D eigenvalue weighted by Gasteiger charge is -2.18. The SMILES string of the molecule is Cc1cc(=O)n2[nH]c(-c3ccc4c(c3)CCCN4)nc2n1. The van der Waals surface area contributed by atoms with Crippen LogP contribution in [-0.2, 0) is 6.42 Å². The molecule has 3 heterocycles. The molecule has 0 radical (unpaired) electrons. The van der Waals surface area contributed by atoms with E-state index in [4.69, 9.17) is 0 Å². The predicted octanol–water partition coefficient (Wildman–Crippen LogP) is 1.75. The van der Waals surface area contributed by atoms with E-state index in [1.165, 1.54) is 21.8 Å². The third kappa shape index (κ3) is 1.99. The van der Waals surface area contributed by atoms with Crippen LogP contribution >= 0.6 is 0 Å². The number of rotatable bonds is 1. The van der Waals surface area contributed by atoms with Crippen molar-refractivity contribution in [2.45, 2.75) is 19.8 Å². The van der Waals surface area contributed by atoms with Gasteiger partial charge in [-0.1, -0.05) is 0 Å². The van der Waals surface area contributed by atoms with Crippen molar-refractivity contribution in [2.75, 3.05) is 11.9 Å². The van der Waals surface area contributed by atoms with E-state index in [-0.39, 0.29) is 5.56 Å². The highest BCUT2D eigenvalue weighted by Crippen LogP contribution is 2.26. The number of anilines is 1. The Hall–Kier alpha value is -2.63. The number of fused-ring (bicyclic) bond motifs is 2. The van der Waals surface area contributed by atoms with Gasteiger partial charge in [-0.15, -0.1) is 0 Å². The number of aryl methyl sites for hydroxylation is 2. The molecule has 106 valence electrons. The third-order valence-corrected chi connectivity index (χ3v) is 3.78. The van der Waals surface area contributed by atoms with E-state index >= 15 is 0 Å². The first kappa shape index (κ1) is 12.1. The lowest BCUT2D eigenvalue weighted by atomic mass is 10.0. The molecule has 0 amide bonds. The molecule has 1 aliphatic heterocycles. The molecule has 0 bridgehead atoms. The van der Waals surface area contributed by atoms with Gasteiger partial charge in [-0.25, -0.2) is 4.98 Å². The van der Waals surface area contributed by atoms with Crippen LogP contribution in [-0.4, -0.2) is 26.1 Å². The Morgan fingerprint density at radius 3 is 3.05 bits per heavy atom. The number of hydrogen-bond acceptors (Lipinski definition) is 4. The van der Waals surface area contributed by atoms with Crippen LogP contribution < -0.4 is 10.9 Å². The molecule has 2 N–H and O–H groups in total. The quantitative estimate of drug-likeness (QED) is 0.712. The summed E-state index contributed by atoms with van der Waals surface area (Å²) >= 11 is 0. The molecular formula is C15H15N5O. The van der Waals surface area contributed by atoms with Gasteiger partial charge in [0.1, 0.15) is 0 Å². The van der Waals surface area contributed by atoms with Gasteiger partial charge in [0.05, 0.1) is 0 Å². The van der Waals surface area contributed by atoms with Gasteiger partial charge in [-0.2, -0.15) is 9.50 Å². The van der Waals surface area contributed by atoms with Crippen molar-refractivity contribution in [1.82, 2.24) is 19.6 Å². The maximum absolute atomic E-state index is 11.9. The van der Waals surface area contributed by atoms with Gasteiger partial charge in [0.2, 0.25) is 0 Å². The highest BCUT2D eigenvalue weighted by atomic mass is 16.1. The molecule has 1 aliphatic rings. The molecule has 0 unspecified atom stereocenters. The third-order valence-electron chi connectivity index (χ3n) is 3.78. The molecule has 0 atom stereocenters. The van der Waals surface area contributed by atoms with Gasteiger partial charge in [0.15, 0.2) is 5.82 Å². The molecule has 0 saturated carbocycles. The van der Waals surface area contributed by atoms with E-state index in [9.17, 15) is 4.79 Å². The smallest absolute Gasteiger partial charge is 0.274 e. The molecule has 0 fully saturated rings. The highest BCUT2D eigenvalue weighted by molar-refractivity contribution is 5.65. The second-order valence-electron chi connectivity index (χ2n) is 5.35. The first-order valence-electron chi connectivity index (χ1n) is 7.04. The summed E-state index contributed by atoms with van der Waals surface area (Å²) in [6.07, 6.45) is 2.20. The summed E-state index contributed by atoms with van der Waals surface area (Å²) in [5.74, 6) is 1.07. The van der Waals surface area contributed by atoms with Gasteiger partial charge >= 0.3 is 0 Å². The van der Waals surface area contributed by atoms with Gasteiger partial charge < -0.3 is 5.32 Å². The standard InChI is InChI=1S/C15H15N5O/c1-9-7-13(21)20-15(17-9)18-14(19-20)11-4-5-12-10(8-11)3-2-6-16-12/h4-5,7-8,16H,2-3,6H2,1H3,(H,17,18,19). The molecule has 0 aliphatic carbocycles. The van der Waals surface area contributed by atoms with Crippen molar-refractivity contribution in [3.8, 4) is 11.4 Å². The lowest BCUT2D eigenvalue weighted by molar-refractivity contribution is 0.830. The van der Waals surface area contributed by atoms with E-state index in [1.807, 2.05) is 6.07 Å². The van der Waals surface area contributed by atoms with Crippen LogP contribution in [0.2, 0.25) is 0 Å². The summed E-state index contributed by atoms with van der Waals surface area (Å²) < 4.78 is 1.38. The molecule has 6 nitrogen and oxygen atoms in total. The fraction of sp³-hybridized carbons (Fsp3) is 0.267. The highest BCUT2D eigenvalue weighted by Gasteiger charge is 2.12. The predicted molar refractivity (Wildman–Crippen MR) is 80.6 cm³/mol. The average molecular weight is 281 g/mol. The first-order valence-corrected chi connectivity index (χ1v) is 7.04. The van der Waals surface area contributed by atoms with Gasteiger partial charge in [-0.05, 0) is 43.5 Å². The van der Waals surface area contributed by atoms with Crippen molar-refractivity contribution < 1.29 is 0 Å². The minimum atomic E-state index is -0.143. The second kappa shape index (κ2) is 4.44. The van der Waals surface area contributed by atoms with Crippen LogP contribution in [0.25, 0.3) is 17.2 Å². The topological polar surface area (TPSA) is 75.1 Å². The Labute approximate surface area is 120 Å². The van der Waals surface area contributed by atoms with Crippen molar-refractivity contribution in [3.05, 3.63) is 45.9 Å². The molecule has 0 saturated heterocycles. The number of aromatic nitrogens is 4. The van der Waals surface area contributed by atoms with Crippen LogP contribution in [0.15, 0.2) is 29.1 Å². The molecule has 1 aromatic carbocycles. The number of nitrogens with zero attached hydrogens (tertiary/aromatic N) is 3. The monoisotopic (exact) mass is 281 g/mol. The van der Waals surface area contributed by atoms with Crippen molar-refractivity contribution in [3.63, 3.8) is 0 Å². The zero-order chi connectivity index (χ0) is 14.4. The lowest BCUT2D eigenvalue weighted by Crippen LogP contribution is -2.14. The summed E-state index contributed by atoms with van der Waals surface area (Å²) in [7, 11) is 0. The molecule has 21 heavy (non-hydrogen) atoms.